The Labute approximate surface area is 175 Å². The lowest BCUT2D eigenvalue weighted by Crippen LogP contribution is -2.47. The van der Waals surface area contributed by atoms with Gasteiger partial charge in [0.2, 0.25) is 15.9 Å². The fraction of sp³-hybridized carbons (Fsp3) is 0.667. The molecule has 0 radical (unpaired) electrons. The lowest BCUT2D eigenvalue weighted by molar-refractivity contribution is -0.125. The summed E-state index contributed by atoms with van der Waals surface area (Å²) < 4.78 is 32.1. The minimum Gasteiger partial charge on any atom is -0.494 e. The van der Waals surface area contributed by atoms with Gasteiger partial charge in [-0.25, -0.2) is 13.1 Å². The molecule has 1 aromatic rings. The molecule has 0 heterocycles. The van der Waals surface area contributed by atoms with Crippen LogP contribution in [-0.4, -0.2) is 31.7 Å². The first-order valence-corrected chi connectivity index (χ1v) is 11.9. The molecule has 0 bridgehead atoms. The van der Waals surface area contributed by atoms with Gasteiger partial charge < -0.3 is 4.74 Å². The number of nitrogens with one attached hydrogen (secondary N) is 3. The number of amides is 1. The van der Waals surface area contributed by atoms with E-state index in [0.29, 0.717) is 32.3 Å². The van der Waals surface area contributed by atoms with E-state index in [0.717, 1.165) is 24.3 Å². The third-order valence-electron chi connectivity index (χ3n) is 5.18. The van der Waals surface area contributed by atoms with E-state index in [-0.39, 0.29) is 17.9 Å². The number of benzene rings is 1. The van der Waals surface area contributed by atoms with E-state index in [4.69, 9.17) is 4.74 Å². The van der Waals surface area contributed by atoms with Gasteiger partial charge in [-0.1, -0.05) is 13.3 Å². The molecule has 1 amide bonds. The van der Waals surface area contributed by atoms with Crippen molar-refractivity contribution in [3.8, 4) is 5.75 Å². The molecule has 29 heavy (non-hydrogen) atoms. The Bertz CT molecular complexity index is 749. The first-order chi connectivity index (χ1) is 13.6. The Morgan fingerprint density at radius 3 is 2.28 bits per heavy atom. The number of hydrogen-bond donors (Lipinski definition) is 3. The van der Waals surface area contributed by atoms with Crippen LogP contribution in [0.3, 0.4) is 0 Å². The highest BCUT2D eigenvalue weighted by Crippen LogP contribution is 2.26. The first kappa shape index (κ1) is 23.5. The number of sulfonamides is 1. The molecule has 0 aliphatic heterocycles. The van der Waals surface area contributed by atoms with Gasteiger partial charge in [0.25, 0.3) is 0 Å². The van der Waals surface area contributed by atoms with Crippen molar-refractivity contribution in [1.82, 2.24) is 10.1 Å². The molecule has 164 valence electrons. The monoisotopic (exact) mass is 425 g/mol. The maximum absolute atomic E-state index is 12.4. The summed E-state index contributed by atoms with van der Waals surface area (Å²) in [7, 11) is -3.37. The van der Waals surface area contributed by atoms with E-state index >= 15 is 0 Å². The molecule has 1 saturated carbocycles. The molecule has 0 spiro atoms. The van der Waals surface area contributed by atoms with Crippen molar-refractivity contribution >= 4 is 21.6 Å². The zero-order chi connectivity index (χ0) is 21.5. The summed E-state index contributed by atoms with van der Waals surface area (Å²) in [4.78, 5) is 12.4. The standard InChI is InChI=1S/C21H35N3O4S/c1-5-6-15-28-19-13-11-17(12-14-19)22-23-20(25)16-7-9-18(10-8-16)24-29(26,27)21(2,3)4/h11-14,16,18,22,24H,5-10,15H2,1-4H3,(H,23,25). The van der Waals surface area contributed by atoms with Crippen molar-refractivity contribution in [1.29, 1.82) is 0 Å². The summed E-state index contributed by atoms with van der Waals surface area (Å²) in [5, 5.41) is 0. The molecular weight excluding hydrogens is 390 g/mol. The highest BCUT2D eigenvalue weighted by atomic mass is 32.2. The highest BCUT2D eigenvalue weighted by molar-refractivity contribution is 7.90. The Balaban J connectivity index is 1.74. The van der Waals surface area contributed by atoms with E-state index in [1.165, 1.54) is 0 Å². The van der Waals surface area contributed by atoms with Gasteiger partial charge in [-0.15, -0.1) is 0 Å². The zero-order valence-electron chi connectivity index (χ0n) is 18.0. The van der Waals surface area contributed by atoms with Gasteiger partial charge in [-0.2, -0.15) is 0 Å². The third-order valence-corrected chi connectivity index (χ3v) is 7.43. The highest BCUT2D eigenvalue weighted by Gasteiger charge is 2.34. The molecule has 0 aromatic heterocycles. The van der Waals surface area contributed by atoms with Gasteiger partial charge in [0.15, 0.2) is 0 Å². The average Bonchev–Trinajstić information content (AvgIpc) is 2.67. The van der Waals surface area contributed by atoms with Gasteiger partial charge in [-0.3, -0.25) is 15.6 Å². The van der Waals surface area contributed by atoms with Gasteiger partial charge in [0.1, 0.15) is 5.75 Å². The third kappa shape index (κ3) is 7.19. The molecule has 0 unspecified atom stereocenters. The number of ether oxygens (including phenoxy) is 1. The Kier molecular flexibility index (Phi) is 8.34. The molecule has 0 saturated heterocycles. The van der Waals surface area contributed by atoms with Crippen LogP contribution in [0.25, 0.3) is 0 Å². The maximum Gasteiger partial charge on any atom is 0.241 e. The van der Waals surface area contributed by atoms with E-state index < -0.39 is 14.8 Å². The van der Waals surface area contributed by atoms with Crippen molar-refractivity contribution in [3.63, 3.8) is 0 Å². The number of hydrazine groups is 1. The number of carbonyl (C=O) groups is 1. The topological polar surface area (TPSA) is 96.5 Å². The van der Waals surface area contributed by atoms with Gasteiger partial charge in [-0.05, 0) is 77.1 Å². The van der Waals surface area contributed by atoms with Gasteiger partial charge in [0, 0.05) is 12.0 Å². The van der Waals surface area contributed by atoms with Crippen molar-refractivity contribution in [2.24, 2.45) is 5.92 Å². The van der Waals surface area contributed by atoms with Crippen LogP contribution >= 0.6 is 0 Å². The minimum atomic E-state index is -3.37. The second-order valence-corrected chi connectivity index (χ2v) is 11.1. The van der Waals surface area contributed by atoms with Crippen LogP contribution in [-0.2, 0) is 14.8 Å². The quantitative estimate of drug-likeness (QED) is 0.415. The first-order valence-electron chi connectivity index (χ1n) is 10.4. The van der Waals surface area contributed by atoms with Crippen molar-refractivity contribution in [3.05, 3.63) is 24.3 Å². The van der Waals surface area contributed by atoms with Crippen molar-refractivity contribution in [2.75, 3.05) is 12.0 Å². The van der Waals surface area contributed by atoms with Crippen LogP contribution in [0.5, 0.6) is 5.75 Å². The van der Waals surface area contributed by atoms with Crippen LogP contribution in [0.4, 0.5) is 5.69 Å². The Morgan fingerprint density at radius 1 is 1.10 bits per heavy atom. The molecule has 2 rings (SSSR count). The van der Waals surface area contributed by atoms with E-state index in [2.05, 4.69) is 22.5 Å². The summed E-state index contributed by atoms with van der Waals surface area (Å²) >= 11 is 0. The summed E-state index contributed by atoms with van der Waals surface area (Å²) in [6.45, 7) is 7.88. The number of unbranched alkanes of at least 4 members (excludes halogenated alkanes) is 1. The maximum atomic E-state index is 12.4. The van der Waals surface area contributed by atoms with Crippen LogP contribution in [0.2, 0.25) is 0 Å². The molecule has 1 fully saturated rings. The van der Waals surface area contributed by atoms with E-state index in [1.807, 2.05) is 24.3 Å². The summed E-state index contributed by atoms with van der Waals surface area (Å²) in [6, 6.07) is 7.36. The van der Waals surface area contributed by atoms with Crippen molar-refractivity contribution < 1.29 is 17.9 Å². The van der Waals surface area contributed by atoms with Crippen LogP contribution in [0, 0.1) is 5.92 Å². The van der Waals surface area contributed by atoms with E-state index in [9.17, 15) is 13.2 Å². The lowest BCUT2D eigenvalue weighted by Gasteiger charge is -2.30. The second kappa shape index (κ2) is 10.3. The van der Waals surface area contributed by atoms with Crippen LogP contribution in [0.1, 0.15) is 66.2 Å². The smallest absolute Gasteiger partial charge is 0.241 e. The molecule has 0 atom stereocenters. The number of hydrogen-bond acceptors (Lipinski definition) is 5. The fourth-order valence-electron chi connectivity index (χ4n) is 3.07. The molecule has 7 nitrogen and oxygen atoms in total. The zero-order valence-corrected chi connectivity index (χ0v) is 18.8. The molecular formula is C21H35N3O4S. The summed E-state index contributed by atoms with van der Waals surface area (Å²) in [6.07, 6.45) is 4.77. The number of rotatable bonds is 9. The van der Waals surface area contributed by atoms with Crippen LogP contribution < -0.4 is 20.3 Å². The average molecular weight is 426 g/mol. The predicted octanol–water partition coefficient (Wildman–Crippen LogP) is 3.59. The Hall–Kier alpha value is -1.80. The minimum absolute atomic E-state index is 0.0644. The molecule has 1 aromatic carbocycles. The molecule has 1 aliphatic rings. The van der Waals surface area contributed by atoms with Gasteiger partial charge >= 0.3 is 0 Å². The molecule has 1 aliphatic carbocycles. The predicted molar refractivity (Wildman–Crippen MR) is 116 cm³/mol. The number of anilines is 1. The normalized spacial score (nSPS) is 20.1. The molecule has 3 N–H and O–H groups in total. The van der Waals surface area contributed by atoms with E-state index in [1.54, 1.807) is 20.8 Å². The summed E-state index contributed by atoms with van der Waals surface area (Å²) in [5.74, 6) is 0.631. The van der Waals surface area contributed by atoms with Gasteiger partial charge in [0.05, 0.1) is 17.0 Å². The summed E-state index contributed by atoms with van der Waals surface area (Å²) in [5.41, 5.74) is 6.48. The largest absolute Gasteiger partial charge is 0.494 e. The fourth-order valence-corrected chi connectivity index (χ4v) is 4.10. The van der Waals surface area contributed by atoms with Crippen molar-refractivity contribution in [2.45, 2.75) is 77.0 Å². The molecule has 8 heteroatoms. The lowest BCUT2D eigenvalue weighted by atomic mass is 9.86. The Morgan fingerprint density at radius 2 is 1.72 bits per heavy atom. The number of carbonyl (C=O) groups excluding carboxylic acids is 1. The second-order valence-electron chi connectivity index (χ2n) is 8.62. The SMILES string of the molecule is CCCCOc1ccc(NNC(=O)C2CCC(NS(=O)(=O)C(C)(C)C)CC2)cc1. The van der Waals surface area contributed by atoms with Crippen LogP contribution in [0.15, 0.2) is 24.3 Å².